The van der Waals surface area contributed by atoms with Gasteiger partial charge in [0.2, 0.25) is 0 Å². The van der Waals surface area contributed by atoms with Gasteiger partial charge >= 0.3 is 0 Å². The molecule has 4 rings (SSSR count). The highest BCUT2D eigenvalue weighted by Crippen LogP contribution is 2.25. The molecule has 0 spiro atoms. The predicted octanol–water partition coefficient (Wildman–Crippen LogP) is 3.18. The number of para-hydroxylation sites is 1. The average molecular weight is 362 g/mol. The Morgan fingerprint density at radius 3 is 2.48 bits per heavy atom. The number of hydrogen-bond donors (Lipinski definition) is 0. The van der Waals surface area contributed by atoms with E-state index in [4.69, 9.17) is 9.84 Å². The van der Waals surface area contributed by atoms with Gasteiger partial charge in [-0.3, -0.25) is 9.78 Å². The van der Waals surface area contributed by atoms with E-state index in [1.54, 1.807) is 17.1 Å². The molecule has 2 aromatic heterocycles. The molecule has 0 unspecified atom stereocenters. The molecule has 0 N–H and O–H groups in total. The minimum absolute atomic E-state index is 0.0173. The molecule has 0 aliphatic carbocycles. The molecule has 6 heteroatoms. The first-order valence-electron chi connectivity index (χ1n) is 9.12. The number of aromatic nitrogens is 3. The molecule has 1 fully saturated rings. The molecule has 3 heterocycles. The van der Waals surface area contributed by atoms with Gasteiger partial charge in [-0.05, 0) is 38.1 Å². The first-order chi connectivity index (χ1) is 13.1. The summed E-state index contributed by atoms with van der Waals surface area (Å²) in [6.07, 6.45) is 5.29. The molecular weight excluding hydrogens is 340 g/mol. The average Bonchev–Trinajstić information content (AvgIpc) is 3.13. The fraction of sp³-hybridized carbons (Fsp3) is 0.286. The van der Waals surface area contributed by atoms with Crippen LogP contribution in [0.5, 0.6) is 0 Å². The lowest BCUT2D eigenvalue weighted by Gasteiger charge is -2.35. The van der Waals surface area contributed by atoms with Gasteiger partial charge < -0.3 is 9.64 Å². The molecule has 1 aromatic carbocycles. The van der Waals surface area contributed by atoms with Gasteiger partial charge in [0, 0.05) is 37.2 Å². The van der Waals surface area contributed by atoms with Gasteiger partial charge in [-0.1, -0.05) is 18.2 Å². The maximum Gasteiger partial charge on any atom is 0.257 e. The van der Waals surface area contributed by atoms with Gasteiger partial charge in [0.05, 0.1) is 23.5 Å². The van der Waals surface area contributed by atoms with Crippen molar-refractivity contribution in [2.75, 3.05) is 13.1 Å². The predicted molar refractivity (Wildman–Crippen MR) is 103 cm³/mol. The number of carbonyl (C=O) groups excluding carboxylic acids is 1. The Bertz CT molecular complexity index is 914. The van der Waals surface area contributed by atoms with Crippen LogP contribution in [0.2, 0.25) is 0 Å². The van der Waals surface area contributed by atoms with Crippen LogP contribution in [0.1, 0.15) is 24.2 Å². The van der Waals surface area contributed by atoms with E-state index in [0.717, 1.165) is 11.3 Å². The van der Waals surface area contributed by atoms with Crippen molar-refractivity contribution in [2.24, 2.45) is 0 Å². The fourth-order valence-electron chi connectivity index (χ4n) is 3.47. The third kappa shape index (κ3) is 3.61. The van der Waals surface area contributed by atoms with Gasteiger partial charge in [-0.2, -0.15) is 5.10 Å². The summed E-state index contributed by atoms with van der Waals surface area (Å²) in [6.45, 7) is 5.13. The van der Waals surface area contributed by atoms with Crippen LogP contribution >= 0.6 is 0 Å². The lowest BCUT2D eigenvalue weighted by atomic mass is 10.1. The van der Waals surface area contributed by atoms with Crippen LogP contribution in [0.15, 0.2) is 61.1 Å². The molecule has 27 heavy (non-hydrogen) atoms. The largest absolute Gasteiger partial charge is 0.372 e. The van der Waals surface area contributed by atoms with Crippen LogP contribution in [-0.2, 0) is 4.74 Å². The summed E-state index contributed by atoms with van der Waals surface area (Å²) in [5, 5.41) is 4.70. The molecule has 0 saturated carbocycles. The molecule has 3 aromatic rings. The fourth-order valence-corrected chi connectivity index (χ4v) is 3.47. The number of ether oxygens (including phenoxy) is 1. The van der Waals surface area contributed by atoms with Crippen LogP contribution in [0.4, 0.5) is 0 Å². The number of morpholine rings is 1. The maximum absolute atomic E-state index is 13.3. The van der Waals surface area contributed by atoms with Crippen LogP contribution in [-0.4, -0.2) is 50.9 Å². The lowest BCUT2D eigenvalue weighted by Crippen LogP contribution is -2.48. The Hall–Kier alpha value is -2.99. The quantitative estimate of drug-likeness (QED) is 0.718. The molecule has 2 atom stereocenters. The standard InChI is InChI=1S/C21H22N4O2/c1-15-12-24(13-16(2)27-15)21(26)19-14-25(18-8-4-3-5-9-18)23-20(19)17-7-6-10-22-11-17/h3-11,14-16H,12-13H2,1-2H3/t15-,16-/m1/s1. The third-order valence-corrected chi connectivity index (χ3v) is 4.61. The van der Waals surface area contributed by atoms with Gasteiger partial charge in [0.1, 0.15) is 5.69 Å². The highest BCUT2D eigenvalue weighted by Gasteiger charge is 2.29. The summed E-state index contributed by atoms with van der Waals surface area (Å²) < 4.78 is 7.52. The molecule has 0 bridgehead atoms. The number of hydrogen-bond acceptors (Lipinski definition) is 4. The van der Waals surface area contributed by atoms with Crippen molar-refractivity contribution in [2.45, 2.75) is 26.1 Å². The number of nitrogens with zero attached hydrogens (tertiary/aromatic N) is 4. The van der Waals surface area contributed by atoms with Gasteiger partial charge in [0.15, 0.2) is 0 Å². The second kappa shape index (κ2) is 7.32. The van der Waals surface area contributed by atoms with E-state index in [-0.39, 0.29) is 18.1 Å². The molecule has 1 aliphatic heterocycles. The molecule has 6 nitrogen and oxygen atoms in total. The van der Waals surface area contributed by atoms with Crippen molar-refractivity contribution in [3.8, 4) is 16.9 Å². The summed E-state index contributed by atoms with van der Waals surface area (Å²) in [4.78, 5) is 19.4. The summed E-state index contributed by atoms with van der Waals surface area (Å²) in [5.74, 6) is -0.0296. The minimum atomic E-state index is -0.0296. The Kier molecular flexibility index (Phi) is 4.73. The van der Waals surface area contributed by atoms with Gasteiger partial charge in [-0.15, -0.1) is 0 Å². The number of rotatable bonds is 3. The Balaban J connectivity index is 1.76. The highest BCUT2D eigenvalue weighted by molar-refractivity contribution is 6.00. The maximum atomic E-state index is 13.3. The summed E-state index contributed by atoms with van der Waals surface area (Å²) >= 11 is 0. The smallest absolute Gasteiger partial charge is 0.257 e. The van der Waals surface area contributed by atoms with E-state index >= 15 is 0 Å². The topological polar surface area (TPSA) is 60.2 Å². The molecule has 0 radical (unpaired) electrons. The van der Waals surface area contributed by atoms with E-state index in [1.807, 2.05) is 67.4 Å². The summed E-state index contributed by atoms with van der Waals surface area (Å²) in [7, 11) is 0. The first kappa shape index (κ1) is 17.4. The molecule has 138 valence electrons. The Morgan fingerprint density at radius 2 is 1.81 bits per heavy atom. The first-order valence-corrected chi connectivity index (χ1v) is 9.12. The van der Waals surface area contributed by atoms with Crippen molar-refractivity contribution < 1.29 is 9.53 Å². The number of amides is 1. The zero-order chi connectivity index (χ0) is 18.8. The molecule has 1 aliphatic rings. The van der Waals surface area contributed by atoms with Crippen molar-refractivity contribution in [3.05, 3.63) is 66.6 Å². The van der Waals surface area contributed by atoms with E-state index in [1.165, 1.54) is 0 Å². The minimum Gasteiger partial charge on any atom is -0.372 e. The summed E-state index contributed by atoms with van der Waals surface area (Å²) in [6, 6.07) is 13.6. The van der Waals surface area contributed by atoms with Crippen LogP contribution in [0.3, 0.4) is 0 Å². The monoisotopic (exact) mass is 362 g/mol. The Morgan fingerprint density at radius 1 is 1.07 bits per heavy atom. The van der Waals surface area contributed by atoms with Gasteiger partial charge in [-0.25, -0.2) is 4.68 Å². The number of pyridine rings is 1. The van der Waals surface area contributed by atoms with Crippen molar-refractivity contribution in [1.29, 1.82) is 0 Å². The second-order valence-electron chi connectivity index (χ2n) is 6.88. The molecule has 1 amide bonds. The van der Waals surface area contributed by atoms with E-state index in [9.17, 15) is 4.79 Å². The molecule has 1 saturated heterocycles. The van der Waals surface area contributed by atoms with Crippen LogP contribution in [0.25, 0.3) is 16.9 Å². The molecular formula is C21H22N4O2. The highest BCUT2D eigenvalue weighted by atomic mass is 16.5. The zero-order valence-electron chi connectivity index (χ0n) is 15.4. The van der Waals surface area contributed by atoms with E-state index in [2.05, 4.69) is 4.98 Å². The third-order valence-electron chi connectivity index (χ3n) is 4.61. The second-order valence-corrected chi connectivity index (χ2v) is 6.88. The van der Waals surface area contributed by atoms with Crippen molar-refractivity contribution in [3.63, 3.8) is 0 Å². The summed E-state index contributed by atoms with van der Waals surface area (Å²) in [5.41, 5.74) is 2.95. The van der Waals surface area contributed by atoms with Crippen molar-refractivity contribution in [1.82, 2.24) is 19.7 Å². The zero-order valence-corrected chi connectivity index (χ0v) is 15.4. The van der Waals surface area contributed by atoms with Crippen molar-refractivity contribution >= 4 is 5.91 Å². The van der Waals surface area contributed by atoms with Crippen LogP contribution in [0, 0.1) is 0 Å². The van der Waals surface area contributed by atoms with E-state index < -0.39 is 0 Å². The lowest BCUT2D eigenvalue weighted by molar-refractivity contribution is -0.0586. The van der Waals surface area contributed by atoms with E-state index in [0.29, 0.717) is 24.3 Å². The number of carbonyl (C=O) groups is 1. The number of benzene rings is 1. The SMILES string of the molecule is C[C@@H]1CN(C(=O)c2cn(-c3ccccc3)nc2-c2cccnc2)C[C@@H](C)O1. The Labute approximate surface area is 158 Å². The van der Waals surface area contributed by atoms with Gasteiger partial charge in [0.25, 0.3) is 5.91 Å². The van der Waals surface area contributed by atoms with Crippen LogP contribution < -0.4 is 0 Å². The normalized spacial score (nSPS) is 19.9.